The smallest absolute Gasteiger partial charge is 0.255 e. The van der Waals surface area contributed by atoms with E-state index < -0.39 is 17.5 Å². The maximum atomic E-state index is 13.8. The van der Waals surface area contributed by atoms with Crippen molar-refractivity contribution < 1.29 is 13.6 Å². The number of piperazine rings is 1. The van der Waals surface area contributed by atoms with Crippen molar-refractivity contribution in [3.63, 3.8) is 0 Å². The molecule has 3 heterocycles. The third kappa shape index (κ3) is 4.29. The molecule has 1 amide bonds. The van der Waals surface area contributed by atoms with Crippen molar-refractivity contribution in [2.24, 2.45) is 0 Å². The molecule has 7 nitrogen and oxygen atoms in total. The number of pyridine rings is 1. The summed E-state index contributed by atoms with van der Waals surface area (Å²) in [6.07, 6.45) is 4.96. The van der Waals surface area contributed by atoms with Gasteiger partial charge in [-0.15, -0.1) is 0 Å². The summed E-state index contributed by atoms with van der Waals surface area (Å²) in [4.78, 5) is 29.5. The second kappa shape index (κ2) is 8.17. The lowest BCUT2D eigenvalue weighted by Crippen LogP contribution is -2.47. The summed E-state index contributed by atoms with van der Waals surface area (Å²) in [7, 11) is 0. The standard InChI is InChI=1S/C20H18F2N6O/c21-15-2-3-17(16(22)13-15)26-19(29)14-4-7-23-18(12-14)27-8-10-28(11-9-27)20-24-5-1-6-25-20/h1-7,12-13H,8-11H2,(H,26,29). The Morgan fingerprint density at radius 1 is 0.897 bits per heavy atom. The van der Waals surface area contributed by atoms with Gasteiger partial charge in [-0.2, -0.15) is 0 Å². The second-order valence-corrected chi connectivity index (χ2v) is 6.50. The first-order chi connectivity index (χ1) is 14.1. The summed E-state index contributed by atoms with van der Waals surface area (Å²) in [6.45, 7) is 2.84. The Hall–Kier alpha value is -3.62. The van der Waals surface area contributed by atoms with Crippen LogP contribution in [0.5, 0.6) is 0 Å². The zero-order valence-corrected chi connectivity index (χ0v) is 15.4. The summed E-state index contributed by atoms with van der Waals surface area (Å²) in [5.74, 6) is -0.672. The molecule has 4 rings (SSSR count). The Bertz CT molecular complexity index is 1010. The van der Waals surface area contributed by atoms with Gasteiger partial charge in [0.15, 0.2) is 0 Å². The number of anilines is 3. The molecule has 1 aliphatic rings. The lowest BCUT2D eigenvalue weighted by atomic mass is 10.2. The van der Waals surface area contributed by atoms with Crippen molar-refractivity contribution in [3.05, 3.63) is 72.2 Å². The first kappa shape index (κ1) is 18.7. The predicted molar refractivity (Wildman–Crippen MR) is 105 cm³/mol. The summed E-state index contributed by atoms with van der Waals surface area (Å²) >= 11 is 0. The zero-order valence-electron chi connectivity index (χ0n) is 15.4. The first-order valence-electron chi connectivity index (χ1n) is 9.09. The van der Waals surface area contributed by atoms with E-state index in [0.29, 0.717) is 30.4 Å². The van der Waals surface area contributed by atoms with Gasteiger partial charge in [0, 0.05) is 56.4 Å². The molecule has 1 aliphatic heterocycles. The van der Waals surface area contributed by atoms with Gasteiger partial charge in [0.1, 0.15) is 17.5 Å². The van der Waals surface area contributed by atoms with Crippen molar-refractivity contribution in [3.8, 4) is 0 Å². The van der Waals surface area contributed by atoms with E-state index >= 15 is 0 Å². The first-order valence-corrected chi connectivity index (χ1v) is 9.09. The maximum Gasteiger partial charge on any atom is 0.255 e. The molecule has 0 radical (unpaired) electrons. The number of carbonyl (C=O) groups excluding carboxylic acids is 1. The molecule has 1 aromatic carbocycles. The zero-order chi connectivity index (χ0) is 20.2. The summed E-state index contributed by atoms with van der Waals surface area (Å²) in [6, 6.07) is 7.99. The lowest BCUT2D eigenvalue weighted by Gasteiger charge is -2.35. The second-order valence-electron chi connectivity index (χ2n) is 6.50. The van der Waals surface area contributed by atoms with E-state index in [2.05, 4.69) is 30.1 Å². The number of hydrogen-bond donors (Lipinski definition) is 1. The molecule has 2 aromatic heterocycles. The number of rotatable bonds is 4. The molecule has 3 aromatic rings. The van der Waals surface area contributed by atoms with E-state index in [0.717, 1.165) is 25.2 Å². The Balaban J connectivity index is 1.43. The highest BCUT2D eigenvalue weighted by Crippen LogP contribution is 2.19. The molecule has 0 unspecified atom stereocenters. The van der Waals surface area contributed by atoms with Gasteiger partial charge in [-0.05, 0) is 30.3 Å². The molecule has 1 saturated heterocycles. The average molecular weight is 396 g/mol. The van der Waals surface area contributed by atoms with Gasteiger partial charge in [0.2, 0.25) is 5.95 Å². The minimum atomic E-state index is -0.827. The van der Waals surface area contributed by atoms with Crippen LogP contribution in [-0.4, -0.2) is 47.0 Å². The predicted octanol–water partition coefficient (Wildman–Crippen LogP) is 2.73. The van der Waals surface area contributed by atoms with Gasteiger partial charge in [-0.1, -0.05) is 0 Å². The fourth-order valence-corrected chi connectivity index (χ4v) is 3.11. The number of hydrogen-bond acceptors (Lipinski definition) is 6. The molecule has 0 bridgehead atoms. The van der Waals surface area contributed by atoms with E-state index in [-0.39, 0.29) is 5.69 Å². The van der Waals surface area contributed by atoms with Crippen LogP contribution in [0, 0.1) is 11.6 Å². The van der Waals surface area contributed by atoms with Crippen LogP contribution in [0.25, 0.3) is 0 Å². The average Bonchev–Trinajstić information content (AvgIpc) is 2.76. The number of benzene rings is 1. The molecule has 29 heavy (non-hydrogen) atoms. The summed E-state index contributed by atoms with van der Waals surface area (Å²) in [5, 5.41) is 2.46. The summed E-state index contributed by atoms with van der Waals surface area (Å²) < 4.78 is 26.8. The minimum absolute atomic E-state index is 0.0776. The molecule has 1 N–H and O–H groups in total. The highest BCUT2D eigenvalue weighted by molar-refractivity contribution is 6.04. The van der Waals surface area contributed by atoms with Crippen LogP contribution in [0.3, 0.4) is 0 Å². The number of aromatic nitrogens is 3. The van der Waals surface area contributed by atoms with Gasteiger partial charge in [0.05, 0.1) is 5.69 Å². The molecule has 9 heteroatoms. The molecule has 0 atom stereocenters. The van der Waals surface area contributed by atoms with Crippen LogP contribution in [0.2, 0.25) is 0 Å². The number of nitrogens with zero attached hydrogens (tertiary/aromatic N) is 5. The minimum Gasteiger partial charge on any atom is -0.353 e. The number of amides is 1. The molecule has 148 valence electrons. The van der Waals surface area contributed by atoms with Gasteiger partial charge in [0.25, 0.3) is 5.91 Å². The maximum absolute atomic E-state index is 13.8. The Kier molecular flexibility index (Phi) is 5.28. The van der Waals surface area contributed by atoms with Crippen molar-refractivity contribution in [2.45, 2.75) is 0 Å². The monoisotopic (exact) mass is 396 g/mol. The molecule has 0 aliphatic carbocycles. The number of halogens is 2. The normalized spacial score (nSPS) is 14.0. The SMILES string of the molecule is O=C(Nc1ccc(F)cc1F)c1ccnc(N2CCN(c3ncccn3)CC2)c1. The van der Waals surface area contributed by atoms with E-state index in [1.165, 1.54) is 12.3 Å². The number of carbonyl (C=O) groups is 1. The quantitative estimate of drug-likeness (QED) is 0.731. The van der Waals surface area contributed by atoms with Crippen LogP contribution in [-0.2, 0) is 0 Å². The third-order valence-corrected chi connectivity index (χ3v) is 4.63. The van der Waals surface area contributed by atoms with E-state index in [1.54, 1.807) is 30.6 Å². The molecule has 0 saturated carbocycles. The Labute approximate surface area is 166 Å². The van der Waals surface area contributed by atoms with Gasteiger partial charge in [-0.3, -0.25) is 4.79 Å². The highest BCUT2D eigenvalue weighted by atomic mass is 19.1. The van der Waals surface area contributed by atoms with Crippen LogP contribution >= 0.6 is 0 Å². The van der Waals surface area contributed by atoms with Crippen molar-refractivity contribution in [2.75, 3.05) is 41.3 Å². The molecular formula is C20H18F2N6O. The van der Waals surface area contributed by atoms with Gasteiger partial charge in [-0.25, -0.2) is 23.7 Å². The van der Waals surface area contributed by atoms with Gasteiger partial charge >= 0.3 is 0 Å². The topological polar surface area (TPSA) is 74.2 Å². The van der Waals surface area contributed by atoms with Crippen molar-refractivity contribution in [1.82, 2.24) is 15.0 Å². The van der Waals surface area contributed by atoms with Crippen molar-refractivity contribution in [1.29, 1.82) is 0 Å². The Morgan fingerprint density at radius 2 is 1.62 bits per heavy atom. The van der Waals surface area contributed by atoms with E-state index in [4.69, 9.17) is 0 Å². The Morgan fingerprint density at radius 3 is 2.34 bits per heavy atom. The largest absolute Gasteiger partial charge is 0.353 e. The highest BCUT2D eigenvalue weighted by Gasteiger charge is 2.20. The van der Waals surface area contributed by atoms with Crippen LogP contribution in [0.4, 0.5) is 26.2 Å². The van der Waals surface area contributed by atoms with E-state index in [1.807, 2.05) is 0 Å². The lowest BCUT2D eigenvalue weighted by molar-refractivity contribution is 0.102. The molecule has 1 fully saturated rings. The van der Waals surface area contributed by atoms with Gasteiger partial charge < -0.3 is 15.1 Å². The fraction of sp³-hybridized carbons (Fsp3) is 0.200. The van der Waals surface area contributed by atoms with Crippen LogP contribution in [0.15, 0.2) is 55.0 Å². The molecule has 0 spiro atoms. The van der Waals surface area contributed by atoms with Crippen LogP contribution < -0.4 is 15.1 Å². The fourth-order valence-electron chi connectivity index (χ4n) is 3.11. The molecular weight excluding hydrogens is 378 g/mol. The summed E-state index contributed by atoms with van der Waals surface area (Å²) in [5.41, 5.74) is 0.263. The third-order valence-electron chi connectivity index (χ3n) is 4.63. The number of nitrogens with one attached hydrogen (secondary N) is 1. The van der Waals surface area contributed by atoms with E-state index in [9.17, 15) is 13.6 Å². The van der Waals surface area contributed by atoms with Crippen molar-refractivity contribution >= 4 is 23.4 Å². The van der Waals surface area contributed by atoms with Crippen LogP contribution in [0.1, 0.15) is 10.4 Å².